The van der Waals surface area contributed by atoms with Crippen molar-refractivity contribution in [1.29, 1.82) is 5.26 Å². The number of hydrogen-bond donors (Lipinski definition) is 0. The quantitative estimate of drug-likeness (QED) is 0.754. The minimum absolute atomic E-state index is 0.0479. The standard InChI is InChI=1S/C23H27NO/c1-22(2)18-23(13-14-24,16-20-11-7-4-8-12-20)21(17-25-22)15-19-9-5-3-6-10-19/h3-12,21H,13,15-18H2,1-2H3/t21-,23-/m0/s1. The van der Waals surface area contributed by atoms with E-state index in [9.17, 15) is 5.26 Å². The predicted molar refractivity (Wildman–Crippen MR) is 101 cm³/mol. The Hall–Kier alpha value is -2.11. The first-order chi connectivity index (χ1) is 12.0. The van der Waals surface area contributed by atoms with E-state index in [1.54, 1.807) is 0 Å². The van der Waals surface area contributed by atoms with Crippen LogP contribution < -0.4 is 0 Å². The Morgan fingerprint density at radius 2 is 1.60 bits per heavy atom. The van der Waals surface area contributed by atoms with Crippen molar-refractivity contribution in [3.05, 3.63) is 71.8 Å². The molecule has 0 aromatic heterocycles. The van der Waals surface area contributed by atoms with Gasteiger partial charge in [-0.2, -0.15) is 5.26 Å². The van der Waals surface area contributed by atoms with Gasteiger partial charge < -0.3 is 4.74 Å². The Morgan fingerprint density at radius 1 is 1.00 bits per heavy atom. The first-order valence-electron chi connectivity index (χ1n) is 9.12. The average molecular weight is 333 g/mol. The van der Waals surface area contributed by atoms with E-state index in [2.05, 4.69) is 80.6 Å². The highest BCUT2D eigenvalue weighted by atomic mass is 16.5. The van der Waals surface area contributed by atoms with Crippen LogP contribution in [0.25, 0.3) is 0 Å². The van der Waals surface area contributed by atoms with E-state index in [0.29, 0.717) is 12.3 Å². The van der Waals surface area contributed by atoms with E-state index in [0.717, 1.165) is 25.9 Å². The third-order valence-electron chi connectivity index (χ3n) is 5.47. The summed E-state index contributed by atoms with van der Waals surface area (Å²) in [6.45, 7) is 5.03. The molecule has 25 heavy (non-hydrogen) atoms. The zero-order valence-corrected chi connectivity index (χ0v) is 15.2. The van der Waals surface area contributed by atoms with Gasteiger partial charge in [-0.15, -0.1) is 0 Å². The van der Waals surface area contributed by atoms with Crippen LogP contribution in [0.2, 0.25) is 0 Å². The SMILES string of the molecule is CC1(C)C[C@](CC#N)(Cc2ccccc2)[C@@H](Cc2ccccc2)CO1. The van der Waals surface area contributed by atoms with Gasteiger partial charge in [0.1, 0.15) is 0 Å². The fraction of sp³-hybridized carbons (Fsp3) is 0.435. The van der Waals surface area contributed by atoms with Crippen molar-refractivity contribution in [2.45, 2.75) is 45.1 Å². The maximum Gasteiger partial charge on any atom is 0.0632 e. The van der Waals surface area contributed by atoms with Crippen molar-refractivity contribution in [1.82, 2.24) is 0 Å². The third kappa shape index (κ3) is 4.30. The van der Waals surface area contributed by atoms with Crippen molar-refractivity contribution < 1.29 is 4.74 Å². The second-order valence-electron chi connectivity index (χ2n) is 7.99. The van der Waals surface area contributed by atoms with E-state index >= 15 is 0 Å². The summed E-state index contributed by atoms with van der Waals surface area (Å²) in [4.78, 5) is 0. The molecule has 1 aliphatic rings. The van der Waals surface area contributed by atoms with Crippen LogP contribution in [0.3, 0.4) is 0 Å². The second-order valence-corrected chi connectivity index (χ2v) is 7.99. The fourth-order valence-electron chi connectivity index (χ4n) is 4.36. The molecule has 0 saturated carbocycles. The number of benzene rings is 2. The van der Waals surface area contributed by atoms with Crippen LogP contribution in [0.1, 0.15) is 37.8 Å². The van der Waals surface area contributed by atoms with E-state index in [1.807, 2.05) is 0 Å². The van der Waals surface area contributed by atoms with Gasteiger partial charge in [-0.05, 0) is 55.6 Å². The average Bonchev–Trinajstić information content (AvgIpc) is 2.59. The van der Waals surface area contributed by atoms with Crippen molar-refractivity contribution >= 4 is 0 Å². The van der Waals surface area contributed by atoms with Crippen LogP contribution >= 0.6 is 0 Å². The maximum atomic E-state index is 9.62. The van der Waals surface area contributed by atoms with Gasteiger partial charge in [-0.1, -0.05) is 60.7 Å². The zero-order valence-electron chi connectivity index (χ0n) is 15.2. The first kappa shape index (κ1) is 17.7. The van der Waals surface area contributed by atoms with Gasteiger partial charge in [0.2, 0.25) is 0 Å². The van der Waals surface area contributed by atoms with Gasteiger partial charge in [-0.25, -0.2) is 0 Å². The summed E-state index contributed by atoms with van der Waals surface area (Å²) in [5, 5.41) is 9.62. The normalized spacial score (nSPS) is 25.2. The smallest absolute Gasteiger partial charge is 0.0632 e. The van der Waals surface area contributed by atoms with Gasteiger partial charge in [-0.3, -0.25) is 0 Å². The molecule has 130 valence electrons. The molecular formula is C23H27NO. The van der Waals surface area contributed by atoms with Crippen LogP contribution in [0.5, 0.6) is 0 Å². The highest BCUT2D eigenvalue weighted by Crippen LogP contribution is 2.48. The molecule has 2 atom stereocenters. The molecule has 2 aromatic carbocycles. The highest BCUT2D eigenvalue weighted by molar-refractivity contribution is 5.21. The predicted octanol–water partition coefficient (Wildman–Crippen LogP) is 5.19. The molecule has 0 aliphatic carbocycles. The summed E-state index contributed by atoms with van der Waals surface area (Å²) in [7, 11) is 0. The Bertz CT molecular complexity index is 717. The van der Waals surface area contributed by atoms with E-state index in [1.165, 1.54) is 11.1 Å². The van der Waals surface area contributed by atoms with Crippen LogP contribution in [-0.2, 0) is 17.6 Å². The topological polar surface area (TPSA) is 33.0 Å². The lowest BCUT2D eigenvalue weighted by Gasteiger charge is -2.49. The van der Waals surface area contributed by atoms with Crippen molar-refractivity contribution in [3.8, 4) is 6.07 Å². The first-order valence-corrected chi connectivity index (χ1v) is 9.12. The van der Waals surface area contributed by atoms with Gasteiger partial charge in [0.15, 0.2) is 0 Å². The molecule has 1 aliphatic heterocycles. The van der Waals surface area contributed by atoms with E-state index in [4.69, 9.17) is 4.74 Å². The minimum Gasteiger partial charge on any atom is -0.375 e. The summed E-state index contributed by atoms with van der Waals surface area (Å²) >= 11 is 0. The summed E-state index contributed by atoms with van der Waals surface area (Å²) in [6, 6.07) is 23.7. The second kappa shape index (κ2) is 7.42. The Kier molecular flexibility index (Phi) is 5.25. The largest absolute Gasteiger partial charge is 0.375 e. The number of hydrogen-bond acceptors (Lipinski definition) is 2. The van der Waals surface area contributed by atoms with E-state index in [-0.39, 0.29) is 11.0 Å². The van der Waals surface area contributed by atoms with Gasteiger partial charge in [0, 0.05) is 6.42 Å². The molecule has 3 rings (SSSR count). The maximum absolute atomic E-state index is 9.62. The summed E-state index contributed by atoms with van der Waals surface area (Å²) < 4.78 is 6.18. The number of nitrogens with zero attached hydrogens (tertiary/aromatic N) is 1. The molecule has 1 fully saturated rings. The molecule has 2 heteroatoms. The number of ether oxygens (including phenoxy) is 1. The highest BCUT2D eigenvalue weighted by Gasteiger charge is 2.47. The lowest BCUT2D eigenvalue weighted by molar-refractivity contribution is -0.139. The number of rotatable bonds is 5. The molecule has 0 N–H and O–H groups in total. The molecule has 0 amide bonds. The van der Waals surface area contributed by atoms with Gasteiger partial charge in [0.05, 0.1) is 18.3 Å². The van der Waals surface area contributed by atoms with Crippen LogP contribution in [0, 0.1) is 22.7 Å². The lowest BCUT2D eigenvalue weighted by Crippen LogP contribution is -2.49. The van der Waals surface area contributed by atoms with Crippen molar-refractivity contribution in [3.63, 3.8) is 0 Å². The monoisotopic (exact) mass is 333 g/mol. The van der Waals surface area contributed by atoms with Gasteiger partial charge in [0.25, 0.3) is 0 Å². The van der Waals surface area contributed by atoms with Crippen LogP contribution in [0.15, 0.2) is 60.7 Å². The minimum atomic E-state index is -0.182. The molecule has 0 spiro atoms. The molecular weight excluding hydrogens is 306 g/mol. The molecule has 0 radical (unpaired) electrons. The zero-order chi connectivity index (χ0) is 17.8. The Morgan fingerprint density at radius 3 is 2.20 bits per heavy atom. The van der Waals surface area contributed by atoms with E-state index < -0.39 is 0 Å². The Balaban J connectivity index is 1.93. The van der Waals surface area contributed by atoms with Crippen molar-refractivity contribution in [2.75, 3.05) is 6.61 Å². The Labute approximate surface area is 151 Å². The molecule has 2 aromatic rings. The summed E-state index contributed by atoms with van der Waals surface area (Å²) in [6.07, 6.45) is 3.39. The fourth-order valence-corrected chi connectivity index (χ4v) is 4.36. The van der Waals surface area contributed by atoms with Gasteiger partial charge >= 0.3 is 0 Å². The van der Waals surface area contributed by atoms with Crippen LogP contribution in [0.4, 0.5) is 0 Å². The van der Waals surface area contributed by atoms with Crippen molar-refractivity contribution in [2.24, 2.45) is 11.3 Å². The summed E-state index contributed by atoms with van der Waals surface area (Å²) in [5.41, 5.74) is 2.41. The lowest BCUT2D eigenvalue weighted by atomic mass is 9.61. The molecule has 1 saturated heterocycles. The molecule has 0 unspecified atom stereocenters. The van der Waals surface area contributed by atoms with Crippen LogP contribution in [-0.4, -0.2) is 12.2 Å². The summed E-state index contributed by atoms with van der Waals surface area (Å²) in [5.74, 6) is 0.350. The third-order valence-corrected chi connectivity index (χ3v) is 5.47. The number of nitriles is 1. The molecule has 0 bridgehead atoms. The molecule has 2 nitrogen and oxygen atoms in total. The molecule has 1 heterocycles.